The maximum atomic E-state index is 12.3. The van der Waals surface area contributed by atoms with E-state index in [0.717, 1.165) is 22.3 Å². The average molecular weight is 394 g/mol. The smallest absolute Gasteiger partial charge is 0.407 e. The number of alkyl carbamates (subject to hydrolysis) is 1. The normalized spacial score (nSPS) is 13.4. The summed E-state index contributed by atoms with van der Waals surface area (Å²) in [6.45, 7) is 0.142. The molecule has 1 unspecified atom stereocenters. The highest BCUT2D eigenvalue weighted by molar-refractivity contribution is 7.09. The van der Waals surface area contributed by atoms with Gasteiger partial charge in [-0.05, 0) is 22.3 Å². The lowest BCUT2D eigenvalue weighted by molar-refractivity contribution is -0.139. The largest absolute Gasteiger partial charge is 0.480 e. The summed E-state index contributed by atoms with van der Waals surface area (Å²) in [4.78, 5) is 27.8. The van der Waals surface area contributed by atoms with E-state index in [1.165, 1.54) is 11.3 Å². The molecular weight excluding hydrogens is 376 g/mol. The van der Waals surface area contributed by atoms with Crippen molar-refractivity contribution in [2.45, 2.75) is 18.4 Å². The van der Waals surface area contributed by atoms with Crippen LogP contribution < -0.4 is 5.32 Å². The number of nitrogens with zero attached hydrogens (tertiary/aromatic N) is 1. The summed E-state index contributed by atoms with van der Waals surface area (Å²) in [6, 6.07) is 15.0. The van der Waals surface area contributed by atoms with Crippen LogP contribution in [-0.2, 0) is 16.0 Å². The van der Waals surface area contributed by atoms with E-state index in [4.69, 9.17) is 4.74 Å². The first-order chi connectivity index (χ1) is 13.6. The minimum absolute atomic E-state index is 0.0691. The number of carbonyl (C=O) groups excluding carboxylic acids is 1. The summed E-state index contributed by atoms with van der Waals surface area (Å²) in [5, 5.41) is 14.2. The number of nitrogens with one attached hydrogen (secondary N) is 1. The van der Waals surface area contributed by atoms with Crippen LogP contribution in [0.25, 0.3) is 11.1 Å². The number of benzene rings is 2. The van der Waals surface area contributed by atoms with Crippen molar-refractivity contribution >= 4 is 23.4 Å². The molecule has 28 heavy (non-hydrogen) atoms. The zero-order valence-corrected chi connectivity index (χ0v) is 15.7. The quantitative estimate of drug-likeness (QED) is 0.666. The molecule has 3 aromatic rings. The minimum atomic E-state index is -1.12. The lowest BCUT2D eigenvalue weighted by Gasteiger charge is -2.17. The van der Waals surface area contributed by atoms with Crippen LogP contribution in [0.2, 0.25) is 0 Å². The second kappa shape index (κ2) is 7.82. The summed E-state index contributed by atoms with van der Waals surface area (Å²) in [6.07, 6.45) is 0.981. The lowest BCUT2D eigenvalue weighted by atomic mass is 9.98. The molecule has 0 fully saturated rings. The Bertz CT molecular complexity index is 958. The average Bonchev–Trinajstić information content (AvgIpc) is 3.32. The summed E-state index contributed by atoms with van der Waals surface area (Å²) in [5.74, 6) is -1.19. The second-order valence-corrected chi connectivity index (χ2v) is 7.47. The Kier molecular flexibility index (Phi) is 5.08. The van der Waals surface area contributed by atoms with Crippen LogP contribution >= 0.6 is 11.3 Å². The van der Waals surface area contributed by atoms with Crippen LogP contribution in [0.15, 0.2) is 60.1 Å². The molecule has 0 radical (unpaired) electrons. The summed E-state index contributed by atoms with van der Waals surface area (Å²) < 4.78 is 5.41. The van der Waals surface area contributed by atoms with Gasteiger partial charge in [-0.2, -0.15) is 0 Å². The Hall–Kier alpha value is -3.19. The van der Waals surface area contributed by atoms with Crippen LogP contribution in [0.4, 0.5) is 4.79 Å². The van der Waals surface area contributed by atoms with Gasteiger partial charge in [0.25, 0.3) is 0 Å². The second-order valence-electron chi connectivity index (χ2n) is 6.49. The molecule has 0 saturated carbocycles. The molecule has 0 aliphatic heterocycles. The van der Waals surface area contributed by atoms with Gasteiger partial charge in [0.15, 0.2) is 0 Å². The van der Waals surface area contributed by atoms with Crippen molar-refractivity contribution in [3.63, 3.8) is 0 Å². The predicted octanol–water partition coefficient (Wildman–Crippen LogP) is 3.68. The molecule has 1 aliphatic rings. The van der Waals surface area contributed by atoms with Gasteiger partial charge in [0.1, 0.15) is 12.6 Å². The van der Waals surface area contributed by atoms with Gasteiger partial charge in [-0.3, -0.25) is 0 Å². The third-order valence-corrected chi connectivity index (χ3v) is 5.60. The predicted molar refractivity (Wildman–Crippen MR) is 105 cm³/mol. The summed E-state index contributed by atoms with van der Waals surface area (Å²) in [5.41, 5.74) is 4.49. The fraction of sp³-hybridized carbons (Fsp3) is 0.190. The number of amides is 1. The van der Waals surface area contributed by atoms with Crippen molar-refractivity contribution in [2.24, 2.45) is 0 Å². The van der Waals surface area contributed by atoms with Gasteiger partial charge in [0.2, 0.25) is 0 Å². The molecule has 1 aromatic heterocycles. The van der Waals surface area contributed by atoms with Crippen molar-refractivity contribution in [1.29, 1.82) is 0 Å². The first-order valence-electron chi connectivity index (χ1n) is 8.86. The van der Waals surface area contributed by atoms with Gasteiger partial charge in [-0.25, -0.2) is 14.6 Å². The summed E-state index contributed by atoms with van der Waals surface area (Å²) in [7, 11) is 0. The monoisotopic (exact) mass is 394 g/mol. The van der Waals surface area contributed by atoms with Gasteiger partial charge in [-0.1, -0.05) is 48.5 Å². The molecule has 0 saturated heterocycles. The van der Waals surface area contributed by atoms with Crippen molar-refractivity contribution < 1.29 is 19.4 Å². The van der Waals surface area contributed by atoms with Gasteiger partial charge >= 0.3 is 12.1 Å². The zero-order valence-electron chi connectivity index (χ0n) is 14.9. The van der Waals surface area contributed by atoms with E-state index in [1.807, 2.05) is 36.4 Å². The molecule has 7 heteroatoms. The number of rotatable bonds is 6. The number of aromatic nitrogens is 1. The highest BCUT2D eigenvalue weighted by Gasteiger charge is 2.29. The molecule has 0 spiro atoms. The van der Waals surface area contributed by atoms with Crippen molar-refractivity contribution in [1.82, 2.24) is 10.3 Å². The maximum Gasteiger partial charge on any atom is 0.407 e. The van der Waals surface area contributed by atoms with Gasteiger partial charge in [-0.15, -0.1) is 11.3 Å². The van der Waals surface area contributed by atoms with E-state index >= 15 is 0 Å². The van der Waals surface area contributed by atoms with Crippen molar-refractivity contribution in [3.8, 4) is 11.1 Å². The van der Waals surface area contributed by atoms with Crippen LogP contribution in [0.1, 0.15) is 22.1 Å². The Labute approximate surface area is 165 Å². The number of hydrogen-bond acceptors (Lipinski definition) is 5. The molecule has 2 aromatic carbocycles. The standard InChI is InChI=1S/C21H18N2O4S/c24-20(25)18(11-19-22-9-10-28-19)23-21(26)27-12-17-15-7-3-1-5-13(15)14-6-2-4-8-16(14)17/h1-10,17-18H,11-12H2,(H,23,26)(H,24,25). The van der Waals surface area contributed by atoms with E-state index in [-0.39, 0.29) is 18.9 Å². The molecular formula is C21H18N2O4S. The third-order valence-electron chi connectivity index (χ3n) is 4.80. The topological polar surface area (TPSA) is 88.5 Å². The lowest BCUT2D eigenvalue weighted by Crippen LogP contribution is -2.42. The number of ether oxygens (including phenoxy) is 1. The first-order valence-corrected chi connectivity index (χ1v) is 9.74. The number of thiazole rings is 1. The molecule has 142 valence electrons. The number of carboxylic acid groups (broad SMARTS) is 1. The fourth-order valence-electron chi connectivity index (χ4n) is 3.51. The van der Waals surface area contributed by atoms with Crippen LogP contribution in [0.3, 0.4) is 0 Å². The van der Waals surface area contributed by atoms with E-state index < -0.39 is 18.1 Å². The number of fused-ring (bicyclic) bond motifs is 3. The van der Waals surface area contributed by atoms with Gasteiger partial charge in [0.05, 0.1) is 5.01 Å². The van der Waals surface area contributed by atoms with E-state index in [1.54, 1.807) is 11.6 Å². The van der Waals surface area contributed by atoms with Crippen LogP contribution in [-0.4, -0.2) is 34.8 Å². The number of aliphatic carboxylic acids is 1. The van der Waals surface area contributed by atoms with Gasteiger partial charge in [0, 0.05) is 23.9 Å². The summed E-state index contributed by atoms with van der Waals surface area (Å²) >= 11 is 1.35. The minimum Gasteiger partial charge on any atom is -0.480 e. The molecule has 4 rings (SSSR count). The molecule has 6 nitrogen and oxygen atoms in total. The highest BCUT2D eigenvalue weighted by Crippen LogP contribution is 2.44. The number of hydrogen-bond donors (Lipinski definition) is 2. The Balaban J connectivity index is 1.44. The highest BCUT2D eigenvalue weighted by atomic mass is 32.1. The number of carbonyl (C=O) groups is 2. The van der Waals surface area contributed by atoms with Crippen molar-refractivity contribution in [2.75, 3.05) is 6.61 Å². The molecule has 1 atom stereocenters. The SMILES string of the molecule is O=C(NC(Cc1nccs1)C(=O)O)OCC1c2ccccc2-c2ccccc21. The van der Waals surface area contributed by atoms with Gasteiger partial charge < -0.3 is 15.2 Å². The Morgan fingerprint density at radius 1 is 1.11 bits per heavy atom. The fourth-order valence-corrected chi connectivity index (χ4v) is 4.17. The first kappa shape index (κ1) is 18.2. The zero-order chi connectivity index (χ0) is 19.5. The van der Waals surface area contributed by atoms with E-state index in [9.17, 15) is 14.7 Å². The van der Waals surface area contributed by atoms with E-state index in [2.05, 4.69) is 22.4 Å². The third kappa shape index (κ3) is 3.61. The molecule has 1 amide bonds. The van der Waals surface area contributed by atoms with Crippen LogP contribution in [0.5, 0.6) is 0 Å². The Morgan fingerprint density at radius 3 is 2.32 bits per heavy atom. The van der Waals surface area contributed by atoms with Crippen LogP contribution in [0, 0.1) is 0 Å². The Morgan fingerprint density at radius 2 is 1.75 bits per heavy atom. The van der Waals surface area contributed by atoms with E-state index in [0.29, 0.717) is 5.01 Å². The molecule has 1 aliphatic carbocycles. The number of carboxylic acids is 1. The maximum absolute atomic E-state index is 12.3. The molecule has 0 bridgehead atoms. The molecule has 1 heterocycles. The van der Waals surface area contributed by atoms with Crippen molar-refractivity contribution in [3.05, 3.63) is 76.2 Å². The molecule has 2 N–H and O–H groups in total.